The second kappa shape index (κ2) is 7.95. The minimum Gasteiger partial charge on any atom is -0.493 e. The Balaban J connectivity index is 2.50. The predicted octanol–water partition coefficient (Wildman–Crippen LogP) is 3.29. The summed E-state index contributed by atoms with van der Waals surface area (Å²) in [4.78, 5) is 21.4. The van der Waals surface area contributed by atoms with Crippen LogP contribution in [-0.4, -0.2) is 32.3 Å². The number of hydrogen-bond acceptors (Lipinski definition) is 7. The molecule has 0 aliphatic rings. The lowest BCUT2D eigenvalue weighted by Crippen LogP contribution is -2.40. The van der Waals surface area contributed by atoms with Crippen LogP contribution < -0.4 is 14.2 Å². The van der Waals surface area contributed by atoms with E-state index in [0.29, 0.717) is 6.29 Å². The summed E-state index contributed by atoms with van der Waals surface area (Å²) in [5, 5.41) is 11.5. The number of carbonyl (C=O) groups excluding carboxylic acids is 1. The second-order valence-corrected chi connectivity index (χ2v) is 8.55. The van der Waals surface area contributed by atoms with Gasteiger partial charge in [-0.1, -0.05) is 0 Å². The zero-order chi connectivity index (χ0) is 21.1. The van der Waals surface area contributed by atoms with Crippen LogP contribution in [0.3, 0.4) is 0 Å². The van der Waals surface area contributed by atoms with Gasteiger partial charge in [-0.2, -0.15) is 0 Å². The van der Waals surface area contributed by atoms with Crippen LogP contribution in [0.1, 0.15) is 31.1 Å². The molecule has 9 nitrogen and oxygen atoms in total. The first-order chi connectivity index (χ1) is 13.0. The van der Waals surface area contributed by atoms with Gasteiger partial charge >= 0.3 is 5.69 Å². The summed E-state index contributed by atoms with van der Waals surface area (Å²) in [6.07, 6.45) is 0.592. The summed E-state index contributed by atoms with van der Waals surface area (Å²) >= 11 is 0. The number of nitrogens with one attached hydrogen (secondary N) is 1. The minimum atomic E-state index is -3.97. The predicted molar refractivity (Wildman–Crippen MR) is 102 cm³/mol. The van der Waals surface area contributed by atoms with Crippen molar-refractivity contribution >= 4 is 22.0 Å². The molecule has 0 radical (unpaired) electrons. The average Bonchev–Trinajstić information content (AvgIpc) is 2.59. The summed E-state index contributed by atoms with van der Waals surface area (Å²) in [5.74, 6) is 0.144. The number of nitrogens with zero attached hydrogens (tertiary/aromatic N) is 1. The lowest BCUT2D eigenvalue weighted by atomic mass is 10.1. The Labute approximate surface area is 162 Å². The van der Waals surface area contributed by atoms with Gasteiger partial charge in [-0.25, -0.2) is 13.1 Å². The molecule has 2 rings (SSSR count). The average molecular weight is 408 g/mol. The highest BCUT2D eigenvalue weighted by Gasteiger charge is 2.26. The third kappa shape index (κ3) is 5.05. The number of sulfonamides is 1. The van der Waals surface area contributed by atoms with Gasteiger partial charge in [0.1, 0.15) is 6.29 Å². The third-order valence-corrected chi connectivity index (χ3v) is 5.18. The standard InChI is InChI=1S/C18H20N2O7S/c1-18(2,3)19-28(24,25)13-6-8-15(14(10-13)20(22)23)27-17-9-12(11-21)5-7-16(17)26-4/h5-11,19H,1-4H3. The fourth-order valence-electron chi connectivity index (χ4n) is 2.32. The molecule has 2 aromatic carbocycles. The lowest BCUT2D eigenvalue weighted by molar-refractivity contribution is -0.385. The van der Waals surface area contributed by atoms with Gasteiger partial charge in [0.2, 0.25) is 15.8 Å². The summed E-state index contributed by atoms with van der Waals surface area (Å²) in [5.41, 5.74) is -1.02. The number of nitro benzene ring substituents is 1. The number of aldehydes is 1. The van der Waals surface area contributed by atoms with Gasteiger partial charge < -0.3 is 9.47 Å². The third-order valence-electron chi connectivity index (χ3n) is 3.42. The first-order valence-corrected chi connectivity index (χ1v) is 9.58. The molecule has 0 fully saturated rings. The first kappa shape index (κ1) is 21.3. The van der Waals surface area contributed by atoms with Gasteiger partial charge in [0.05, 0.1) is 16.9 Å². The van der Waals surface area contributed by atoms with Gasteiger partial charge in [-0.15, -0.1) is 0 Å². The van der Waals surface area contributed by atoms with Gasteiger partial charge in [0.15, 0.2) is 11.5 Å². The Morgan fingerprint density at radius 2 is 1.71 bits per heavy atom. The maximum atomic E-state index is 12.4. The fourth-order valence-corrected chi connectivity index (χ4v) is 3.76. The van der Waals surface area contributed by atoms with Gasteiger partial charge in [-0.05, 0) is 51.1 Å². The maximum Gasteiger partial charge on any atom is 0.312 e. The molecule has 28 heavy (non-hydrogen) atoms. The quantitative estimate of drug-likeness (QED) is 0.423. The van der Waals surface area contributed by atoms with Gasteiger partial charge in [0, 0.05) is 17.2 Å². The van der Waals surface area contributed by atoms with E-state index >= 15 is 0 Å². The van der Waals surface area contributed by atoms with E-state index in [4.69, 9.17) is 9.47 Å². The van der Waals surface area contributed by atoms with Crippen molar-refractivity contribution in [2.75, 3.05) is 7.11 Å². The van der Waals surface area contributed by atoms with E-state index in [1.54, 1.807) is 20.8 Å². The molecular weight excluding hydrogens is 388 g/mol. The van der Waals surface area contributed by atoms with Crippen molar-refractivity contribution in [2.45, 2.75) is 31.2 Å². The monoisotopic (exact) mass is 408 g/mol. The summed E-state index contributed by atoms with van der Waals surface area (Å²) in [6.45, 7) is 4.97. The Morgan fingerprint density at radius 3 is 2.25 bits per heavy atom. The summed E-state index contributed by atoms with van der Waals surface area (Å²) < 4.78 is 38.0. The van der Waals surface area contributed by atoms with Crippen molar-refractivity contribution in [1.29, 1.82) is 0 Å². The number of carbonyl (C=O) groups is 1. The van der Waals surface area contributed by atoms with Crippen molar-refractivity contribution in [2.24, 2.45) is 0 Å². The first-order valence-electron chi connectivity index (χ1n) is 8.10. The smallest absolute Gasteiger partial charge is 0.312 e. The molecule has 0 saturated heterocycles. The molecule has 0 unspecified atom stereocenters. The molecule has 0 atom stereocenters. The molecule has 0 spiro atoms. The number of methoxy groups -OCH3 is 1. The Bertz CT molecular complexity index is 1010. The number of nitro groups is 1. The van der Waals surface area contributed by atoms with Crippen LogP contribution in [-0.2, 0) is 10.0 Å². The van der Waals surface area contributed by atoms with Crippen LogP contribution in [0, 0.1) is 10.1 Å². The van der Waals surface area contributed by atoms with Crippen molar-refractivity contribution in [1.82, 2.24) is 4.72 Å². The number of benzene rings is 2. The molecule has 0 aromatic heterocycles. The van der Waals surface area contributed by atoms with E-state index < -0.39 is 26.2 Å². The topological polar surface area (TPSA) is 125 Å². The van der Waals surface area contributed by atoms with Crippen molar-refractivity contribution < 1.29 is 27.6 Å². The maximum absolute atomic E-state index is 12.4. The molecule has 0 aliphatic heterocycles. The summed E-state index contributed by atoms with van der Waals surface area (Å²) in [7, 11) is -2.59. The van der Waals surface area contributed by atoms with Crippen LogP contribution in [0.4, 0.5) is 5.69 Å². The Morgan fingerprint density at radius 1 is 1.07 bits per heavy atom. The van der Waals surface area contributed by atoms with E-state index in [-0.39, 0.29) is 27.7 Å². The van der Waals surface area contributed by atoms with Crippen molar-refractivity contribution in [3.8, 4) is 17.2 Å². The molecule has 0 saturated carbocycles. The van der Waals surface area contributed by atoms with Crippen molar-refractivity contribution in [3.63, 3.8) is 0 Å². The molecule has 0 bridgehead atoms. The fraction of sp³-hybridized carbons (Fsp3) is 0.278. The molecular formula is C18H20N2O7S. The lowest BCUT2D eigenvalue weighted by Gasteiger charge is -2.20. The number of ether oxygens (including phenoxy) is 2. The Kier molecular flexibility index (Phi) is 6.05. The number of hydrogen-bond donors (Lipinski definition) is 1. The molecule has 1 N–H and O–H groups in total. The van der Waals surface area contributed by atoms with Crippen LogP contribution >= 0.6 is 0 Å². The SMILES string of the molecule is COc1ccc(C=O)cc1Oc1ccc(S(=O)(=O)NC(C)(C)C)cc1[N+](=O)[O-]. The van der Waals surface area contributed by atoms with Gasteiger partial charge in [0.25, 0.3) is 0 Å². The molecule has 0 amide bonds. The molecule has 150 valence electrons. The zero-order valence-electron chi connectivity index (χ0n) is 15.8. The minimum absolute atomic E-state index is 0.0821. The van der Waals surface area contributed by atoms with Crippen LogP contribution in [0.5, 0.6) is 17.2 Å². The highest BCUT2D eigenvalue weighted by atomic mass is 32.2. The normalized spacial score (nSPS) is 11.7. The highest BCUT2D eigenvalue weighted by Crippen LogP contribution is 2.37. The molecule has 2 aromatic rings. The van der Waals surface area contributed by atoms with Crippen LogP contribution in [0.2, 0.25) is 0 Å². The molecule has 0 aliphatic carbocycles. The summed E-state index contributed by atoms with van der Waals surface area (Å²) in [6, 6.07) is 7.65. The van der Waals surface area contributed by atoms with Crippen LogP contribution in [0.25, 0.3) is 0 Å². The zero-order valence-corrected chi connectivity index (χ0v) is 16.6. The number of rotatable bonds is 7. The van der Waals surface area contributed by atoms with E-state index in [9.17, 15) is 23.3 Å². The largest absolute Gasteiger partial charge is 0.493 e. The van der Waals surface area contributed by atoms with Crippen molar-refractivity contribution in [3.05, 3.63) is 52.1 Å². The molecule has 0 heterocycles. The van der Waals surface area contributed by atoms with Crippen LogP contribution in [0.15, 0.2) is 41.3 Å². The van der Waals surface area contributed by atoms with E-state index in [2.05, 4.69) is 4.72 Å². The molecule has 10 heteroatoms. The highest BCUT2D eigenvalue weighted by molar-refractivity contribution is 7.89. The van der Waals surface area contributed by atoms with E-state index in [1.807, 2.05) is 0 Å². The van der Waals surface area contributed by atoms with E-state index in [0.717, 1.165) is 6.07 Å². The Hall–Kier alpha value is -2.98. The van der Waals surface area contributed by atoms with Gasteiger partial charge in [-0.3, -0.25) is 14.9 Å². The second-order valence-electron chi connectivity index (χ2n) is 6.87. The van der Waals surface area contributed by atoms with E-state index in [1.165, 1.54) is 37.4 Å².